The number of hydrogen-bond donors (Lipinski definition) is 0. The molecule has 0 fully saturated rings. The molecule has 0 bridgehead atoms. The molecule has 0 aliphatic rings. The Morgan fingerprint density at radius 3 is 2.45 bits per heavy atom. The predicted octanol–water partition coefficient (Wildman–Crippen LogP) is 3.21. The first-order valence-corrected chi connectivity index (χ1v) is 7.03. The van der Waals surface area contributed by atoms with Gasteiger partial charge in [-0.05, 0) is 26.3 Å². The maximum absolute atomic E-state index is 11.9. The van der Waals surface area contributed by atoms with Gasteiger partial charge in [-0.2, -0.15) is 0 Å². The van der Waals surface area contributed by atoms with E-state index in [1.165, 1.54) is 7.11 Å². The summed E-state index contributed by atoms with van der Waals surface area (Å²) >= 11 is 0. The Labute approximate surface area is 129 Å². The van der Waals surface area contributed by atoms with Crippen LogP contribution in [0, 0.1) is 13.8 Å². The van der Waals surface area contributed by atoms with E-state index >= 15 is 0 Å². The largest absolute Gasteiger partial charge is 0.464 e. The predicted molar refractivity (Wildman–Crippen MR) is 82.3 cm³/mol. The summed E-state index contributed by atoms with van der Waals surface area (Å²) in [6, 6.07) is 9.65. The second-order valence-electron chi connectivity index (χ2n) is 4.95. The summed E-state index contributed by atoms with van der Waals surface area (Å²) < 4.78 is 21.6. The van der Waals surface area contributed by atoms with Crippen LogP contribution in [0.4, 0.5) is 0 Å². The van der Waals surface area contributed by atoms with Gasteiger partial charge in [0.05, 0.1) is 11.1 Å². The lowest BCUT2D eigenvalue weighted by Crippen LogP contribution is -2.18. The van der Waals surface area contributed by atoms with E-state index in [0.29, 0.717) is 23.5 Å². The van der Waals surface area contributed by atoms with Gasteiger partial charge >= 0.3 is 5.63 Å². The molecule has 0 saturated carbocycles. The molecule has 0 radical (unpaired) electrons. The molecular weight excluding hydrogens is 284 g/mol. The number of rotatable bonds is 6. The Balaban J connectivity index is 2.26. The molecule has 5 heteroatoms. The van der Waals surface area contributed by atoms with Crippen molar-refractivity contribution in [2.45, 2.75) is 33.7 Å². The van der Waals surface area contributed by atoms with Gasteiger partial charge in [0.15, 0.2) is 6.29 Å². The van der Waals surface area contributed by atoms with Crippen molar-refractivity contribution in [2.75, 3.05) is 7.11 Å². The first-order valence-electron chi connectivity index (χ1n) is 7.03. The van der Waals surface area contributed by atoms with E-state index in [4.69, 9.17) is 18.6 Å². The van der Waals surface area contributed by atoms with Crippen molar-refractivity contribution in [3.8, 4) is 11.7 Å². The fourth-order valence-corrected chi connectivity index (χ4v) is 1.96. The Morgan fingerprint density at radius 1 is 1.14 bits per heavy atom. The average Bonchev–Trinajstić information content (AvgIpc) is 2.54. The maximum Gasteiger partial charge on any atom is 0.345 e. The van der Waals surface area contributed by atoms with E-state index in [1.807, 2.05) is 30.3 Å². The summed E-state index contributed by atoms with van der Waals surface area (Å²) in [5.41, 5.74) is 1.54. The molecule has 1 unspecified atom stereocenters. The monoisotopic (exact) mass is 304 g/mol. The Hall–Kier alpha value is -2.27. The Morgan fingerprint density at radius 2 is 1.82 bits per heavy atom. The molecule has 22 heavy (non-hydrogen) atoms. The van der Waals surface area contributed by atoms with Crippen molar-refractivity contribution in [1.82, 2.24) is 0 Å². The van der Waals surface area contributed by atoms with Crippen LogP contribution in [0.25, 0.3) is 0 Å². The quantitative estimate of drug-likeness (QED) is 0.767. The summed E-state index contributed by atoms with van der Waals surface area (Å²) in [6.45, 7) is 5.50. The van der Waals surface area contributed by atoms with E-state index in [0.717, 1.165) is 5.56 Å². The molecule has 5 nitrogen and oxygen atoms in total. The zero-order chi connectivity index (χ0) is 16.1. The van der Waals surface area contributed by atoms with E-state index in [9.17, 15) is 4.79 Å². The lowest BCUT2D eigenvalue weighted by molar-refractivity contribution is -0.0397. The molecule has 118 valence electrons. The van der Waals surface area contributed by atoms with Gasteiger partial charge in [0.25, 0.3) is 5.95 Å². The van der Waals surface area contributed by atoms with Crippen LogP contribution in [0.2, 0.25) is 0 Å². The van der Waals surface area contributed by atoms with Crippen molar-refractivity contribution >= 4 is 0 Å². The van der Waals surface area contributed by atoms with Crippen molar-refractivity contribution in [2.24, 2.45) is 0 Å². The highest BCUT2D eigenvalue weighted by molar-refractivity contribution is 5.42. The Kier molecular flexibility index (Phi) is 5.22. The molecule has 1 atom stereocenters. The minimum absolute atomic E-state index is 0.165. The first kappa shape index (κ1) is 16.1. The third-order valence-electron chi connectivity index (χ3n) is 3.31. The molecule has 1 aromatic heterocycles. The molecule has 0 aliphatic heterocycles. The third-order valence-corrected chi connectivity index (χ3v) is 3.31. The standard InChI is InChI=1S/C17H20O5/c1-11-15(21-13(3)19-4)12(2)17(22-16(11)18)20-10-14-8-6-5-7-9-14/h5-9,13H,10H2,1-4H3. The van der Waals surface area contributed by atoms with Crippen LogP contribution in [0.5, 0.6) is 11.7 Å². The number of hydrogen-bond acceptors (Lipinski definition) is 5. The summed E-state index contributed by atoms with van der Waals surface area (Å²) in [6.07, 6.45) is -0.471. The highest BCUT2D eigenvalue weighted by Gasteiger charge is 2.18. The van der Waals surface area contributed by atoms with Gasteiger partial charge in [-0.15, -0.1) is 0 Å². The van der Waals surface area contributed by atoms with E-state index in [1.54, 1.807) is 20.8 Å². The Bertz CT molecular complexity index is 675. The zero-order valence-corrected chi connectivity index (χ0v) is 13.2. The SMILES string of the molecule is COC(C)Oc1c(C)c(OCc2ccccc2)oc(=O)c1C. The molecule has 0 amide bonds. The van der Waals surface area contributed by atoms with Crippen LogP contribution in [0.1, 0.15) is 23.6 Å². The topological polar surface area (TPSA) is 57.9 Å². The molecule has 0 saturated heterocycles. The van der Waals surface area contributed by atoms with Crippen LogP contribution in [0.15, 0.2) is 39.5 Å². The summed E-state index contributed by atoms with van der Waals surface area (Å²) in [4.78, 5) is 11.9. The number of benzene rings is 1. The van der Waals surface area contributed by atoms with Gasteiger partial charge < -0.3 is 18.6 Å². The van der Waals surface area contributed by atoms with Crippen LogP contribution in [-0.2, 0) is 11.3 Å². The smallest absolute Gasteiger partial charge is 0.345 e. The summed E-state index contributed by atoms with van der Waals surface area (Å²) in [7, 11) is 1.54. The second-order valence-corrected chi connectivity index (χ2v) is 4.95. The van der Waals surface area contributed by atoms with Crippen molar-refractivity contribution in [3.63, 3.8) is 0 Å². The molecule has 2 aromatic rings. The van der Waals surface area contributed by atoms with Crippen molar-refractivity contribution in [3.05, 3.63) is 57.4 Å². The average molecular weight is 304 g/mol. The minimum Gasteiger partial charge on any atom is -0.464 e. The van der Waals surface area contributed by atoms with Gasteiger partial charge in [0, 0.05) is 7.11 Å². The number of methoxy groups -OCH3 is 1. The zero-order valence-electron chi connectivity index (χ0n) is 13.2. The molecule has 1 heterocycles. The third kappa shape index (κ3) is 3.68. The van der Waals surface area contributed by atoms with Crippen molar-refractivity contribution in [1.29, 1.82) is 0 Å². The fraction of sp³-hybridized carbons (Fsp3) is 0.353. The first-order chi connectivity index (χ1) is 10.5. The fourth-order valence-electron chi connectivity index (χ4n) is 1.96. The highest BCUT2D eigenvalue weighted by Crippen LogP contribution is 2.30. The second kappa shape index (κ2) is 7.13. The molecule has 0 N–H and O–H groups in total. The van der Waals surface area contributed by atoms with Crippen molar-refractivity contribution < 1.29 is 18.6 Å². The van der Waals surface area contributed by atoms with E-state index < -0.39 is 11.9 Å². The molecule has 0 aliphatic carbocycles. The van der Waals surface area contributed by atoms with Crippen LogP contribution >= 0.6 is 0 Å². The summed E-state index contributed by atoms with van der Waals surface area (Å²) in [5.74, 6) is 0.603. The van der Waals surface area contributed by atoms with Gasteiger partial charge in [-0.1, -0.05) is 30.3 Å². The van der Waals surface area contributed by atoms with Gasteiger partial charge in [-0.3, -0.25) is 0 Å². The minimum atomic E-state index is -0.480. The van der Waals surface area contributed by atoms with Crippen LogP contribution in [0.3, 0.4) is 0 Å². The highest BCUT2D eigenvalue weighted by atomic mass is 16.7. The molecule has 0 spiro atoms. The van der Waals surface area contributed by atoms with Gasteiger partial charge in [-0.25, -0.2) is 4.79 Å². The lowest BCUT2D eigenvalue weighted by atomic mass is 10.2. The van der Waals surface area contributed by atoms with Crippen LogP contribution < -0.4 is 15.1 Å². The van der Waals surface area contributed by atoms with Gasteiger partial charge in [0.2, 0.25) is 0 Å². The summed E-state index contributed by atoms with van der Waals surface area (Å²) in [5, 5.41) is 0. The van der Waals surface area contributed by atoms with Crippen LogP contribution in [-0.4, -0.2) is 13.4 Å². The normalized spacial score (nSPS) is 12.0. The lowest BCUT2D eigenvalue weighted by Gasteiger charge is -2.17. The van der Waals surface area contributed by atoms with Gasteiger partial charge in [0.1, 0.15) is 12.4 Å². The molecule has 2 rings (SSSR count). The number of ether oxygens (including phenoxy) is 3. The van der Waals surface area contributed by atoms with E-state index in [-0.39, 0.29) is 5.95 Å². The molecular formula is C17H20O5. The maximum atomic E-state index is 11.9. The molecule has 1 aromatic carbocycles. The van der Waals surface area contributed by atoms with E-state index in [2.05, 4.69) is 0 Å².